The summed E-state index contributed by atoms with van der Waals surface area (Å²) in [6.45, 7) is 5.34. The fourth-order valence-electron chi connectivity index (χ4n) is 4.85. The second kappa shape index (κ2) is 5.17. The largest absolute Gasteiger partial charge is 0.294 e. The monoisotopic (exact) mass is 350 g/mol. The molecule has 3 heterocycles. The summed E-state index contributed by atoms with van der Waals surface area (Å²) in [6.07, 6.45) is 5.36. The van der Waals surface area contributed by atoms with Gasteiger partial charge in [0.25, 0.3) is 5.82 Å². The van der Waals surface area contributed by atoms with Gasteiger partial charge >= 0.3 is 0 Å². The molecule has 3 heteroatoms. The van der Waals surface area contributed by atoms with Crippen LogP contribution in [-0.2, 0) is 13.0 Å². The number of aryl methyl sites for hydroxylation is 1. The molecule has 0 saturated carbocycles. The standard InChI is InChI=1S/C24H20N3/c1-15-21-13-17-7-3-5-9-19(17)22(21)25-16(2)23(15)27-12-11-26-14-18-8-4-6-10-20(18)24(26)27/h3-12H,13-14H2,1-2H3/q+1. The van der Waals surface area contributed by atoms with Crippen LogP contribution in [0.2, 0.25) is 0 Å². The van der Waals surface area contributed by atoms with Crippen LogP contribution in [0.3, 0.4) is 0 Å². The highest BCUT2D eigenvalue weighted by Gasteiger charge is 2.33. The zero-order valence-corrected chi connectivity index (χ0v) is 15.5. The number of hydrogen-bond acceptors (Lipinski definition) is 1. The summed E-state index contributed by atoms with van der Waals surface area (Å²) in [4.78, 5) is 5.06. The molecule has 4 aromatic rings. The van der Waals surface area contributed by atoms with Gasteiger partial charge in [0.1, 0.15) is 18.9 Å². The Balaban J connectivity index is 1.60. The van der Waals surface area contributed by atoms with E-state index < -0.39 is 0 Å². The Morgan fingerprint density at radius 1 is 0.926 bits per heavy atom. The maximum absolute atomic E-state index is 5.06. The van der Waals surface area contributed by atoms with Crippen LogP contribution < -0.4 is 4.57 Å². The van der Waals surface area contributed by atoms with Gasteiger partial charge in [-0.1, -0.05) is 42.5 Å². The summed E-state index contributed by atoms with van der Waals surface area (Å²) in [5.41, 5.74) is 11.6. The van der Waals surface area contributed by atoms with Gasteiger partial charge < -0.3 is 0 Å². The Morgan fingerprint density at radius 3 is 2.52 bits per heavy atom. The van der Waals surface area contributed by atoms with Crippen molar-refractivity contribution in [1.82, 2.24) is 9.55 Å². The zero-order chi connectivity index (χ0) is 18.1. The third-order valence-electron chi connectivity index (χ3n) is 6.09. The first-order chi connectivity index (χ1) is 13.2. The summed E-state index contributed by atoms with van der Waals surface area (Å²) in [7, 11) is 0. The molecule has 130 valence electrons. The van der Waals surface area contributed by atoms with Gasteiger partial charge in [0.15, 0.2) is 5.69 Å². The number of hydrogen-bond donors (Lipinski definition) is 0. The van der Waals surface area contributed by atoms with Crippen molar-refractivity contribution in [3.8, 4) is 28.3 Å². The molecule has 2 aliphatic rings. The Morgan fingerprint density at radius 2 is 1.67 bits per heavy atom. The number of pyridine rings is 1. The lowest BCUT2D eigenvalue weighted by atomic mass is 10.0. The minimum absolute atomic E-state index is 0.945. The Kier molecular flexibility index (Phi) is 2.85. The van der Waals surface area contributed by atoms with Gasteiger partial charge in [0.2, 0.25) is 0 Å². The van der Waals surface area contributed by atoms with Gasteiger partial charge in [-0.25, -0.2) is 9.55 Å². The number of benzene rings is 2. The molecule has 27 heavy (non-hydrogen) atoms. The molecule has 0 radical (unpaired) electrons. The summed E-state index contributed by atoms with van der Waals surface area (Å²) in [5, 5.41) is 0. The third-order valence-corrected chi connectivity index (χ3v) is 6.09. The van der Waals surface area contributed by atoms with Gasteiger partial charge in [-0.05, 0) is 31.0 Å². The zero-order valence-electron chi connectivity index (χ0n) is 15.5. The average molecular weight is 350 g/mol. The van der Waals surface area contributed by atoms with E-state index in [1.54, 1.807) is 0 Å². The molecule has 2 aromatic carbocycles. The second-order valence-corrected chi connectivity index (χ2v) is 7.61. The first kappa shape index (κ1) is 14.9. The van der Waals surface area contributed by atoms with Crippen molar-refractivity contribution in [2.75, 3.05) is 0 Å². The first-order valence-electron chi connectivity index (χ1n) is 9.50. The molecule has 0 unspecified atom stereocenters. The quantitative estimate of drug-likeness (QED) is 0.403. The molecule has 6 rings (SSSR count). The molecule has 2 aromatic heterocycles. The molecule has 0 saturated heterocycles. The summed E-state index contributed by atoms with van der Waals surface area (Å²) >= 11 is 0. The molecule has 0 spiro atoms. The van der Waals surface area contributed by atoms with Crippen molar-refractivity contribution in [2.45, 2.75) is 26.8 Å². The predicted molar refractivity (Wildman–Crippen MR) is 106 cm³/mol. The topological polar surface area (TPSA) is 21.7 Å². The molecular weight excluding hydrogens is 330 g/mol. The molecule has 0 amide bonds. The van der Waals surface area contributed by atoms with E-state index in [4.69, 9.17) is 4.98 Å². The van der Waals surface area contributed by atoms with Crippen LogP contribution in [0.25, 0.3) is 28.3 Å². The van der Waals surface area contributed by atoms with Crippen molar-refractivity contribution in [3.63, 3.8) is 0 Å². The second-order valence-electron chi connectivity index (χ2n) is 7.61. The minimum atomic E-state index is 0.945. The fourth-order valence-corrected chi connectivity index (χ4v) is 4.85. The van der Waals surface area contributed by atoms with E-state index in [9.17, 15) is 0 Å². The van der Waals surface area contributed by atoms with Crippen LogP contribution >= 0.6 is 0 Å². The third kappa shape index (κ3) is 1.91. The van der Waals surface area contributed by atoms with Gasteiger partial charge in [-0.2, -0.15) is 4.57 Å². The molecular formula is C24H20N3+. The van der Waals surface area contributed by atoms with Crippen LogP contribution in [0.5, 0.6) is 0 Å². The number of fused-ring (bicyclic) bond motifs is 6. The molecule has 0 N–H and O–H groups in total. The summed E-state index contributed by atoms with van der Waals surface area (Å²) in [5.74, 6) is 1.26. The molecule has 1 aliphatic heterocycles. The highest BCUT2D eigenvalue weighted by atomic mass is 15.2. The average Bonchev–Trinajstić information content (AvgIpc) is 3.34. The predicted octanol–water partition coefficient (Wildman–Crippen LogP) is 4.38. The van der Waals surface area contributed by atoms with Gasteiger partial charge in [0.05, 0.1) is 17.0 Å². The molecule has 0 fully saturated rings. The highest BCUT2D eigenvalue weighted by Crippen LogP contribution is 2.40. The molecule has 1 aliphatic carbocycles. The van der Waals surface area contributed by atoms with Crippen molar-refractivity contribution < 1.29 is 4.57 Å². The number of aromatic nitrogens is 3. The van der Waals surface area contributed by atoms with E-state index in [2.05, 4.69) is 83.9 Å². The van der Waals surface area contributed by atoms with E-state index >= 15 is 0 Å². The van der Waals surface area contributed by atoms with E-state index in [0.29, 0.717) is 0 Å². The Bertz CT molecular complexity index is 1250. The van der Waals surface area contributed by atoms with Gasteiger partial charge in [-0.3, -0.25) is 0 Å². The van der Waals surface area contributed by atoms with Crippen molar-refractivity contribution >= 4 is 0 Å². The van der Waals surface area contributed by atoms with Gasteiger partial charge in [0, 0.05) is 23.1 Å². The SMILES string of the molecule is Cc1nc2c(c(C)c1-n1cc[n+]3c1-c1ccccc1C3)Cc1ccccc1-2. The maximum atomic E-state index is 5.06. The van der Waals surface area contributed by atoms with Crippen molar-refractivity contribution in [2.24, 2.45) is 0 Å². The molecule has 3 nitrogen and oxygen atoms in total. The normalized spacial score (nSPS) is 13.3. The lowest BCUT2D eigenvalue weighted by molar-refractivity contribution is -0.671. The van der Waals surface area contributed by atoms with Gasteiger partial charge in [-0.15, -0.1) is 0 Å². The van der Waals surface area contributed by atoms with Crippen LogP contribution in [0.4, 0.5) is 0 Å². The first-order valence-corrected chi connectivity index (χ1v) is 9.50. The smallest absolute Gasteiger partial charge is 0.248 e. The summed E-state index contributed by atoms with van der Waals surface area (Å²) < 4.78 is 4.68. The van der Waals surface area contributed by atoms with E-state index in [1.807, 2.05) is 0 Å². The number of imidazole rings is 1. The van der Waals surface area contributed by atoms with Crippen LogP contribution in [0.1, 0.15) is 27.9 Å². The Hall–Kier alpha value is -3.20. The Labute approximate surface area is 158 Å². The number of nitrogens with zero attached hydrogens (tertiary/aromatic N) is 3. The number of rotatable bonds is 1. The van der Waals surface area contributed by atoms with E-state index in [-0.39, 0.29) is 0 Å². The van der Waals surface area contributed by atoms with Crippen molar-refractivity contribution in [1.29, 1.82) is 0 Å². The lowest BCUT2D eigenvalue weighted by Crippen LogP contribution is -2.30. The van der Waals surface area contributed by atoms with E-state index in [1.165, 1.54) is 50.6 Å². The minimum Gasteiger partial charge on any atom is -0.248 e. The highest BCUT2D eigenvalue weighted by molar-refractivity contribution is 5.77. The van der Waals surface area contributed by atoms with Crippen LogP contribution in [0, 0.1) is 13.8 Å². The fraction of sp³-hybridized carbons (Fsp3) is 0.167. The van der Waals surface area contributed by atoms with Crippen LogP contribution in [-0.4, -0.2) is 9.55 Å². The van der Waals surface area contributed by atoms with Crippen molar-refractivity contribution in [3.05, 3.63) is 88.9 Å². The maximum Gasteiger partial charge on any atom is 0.294 e. The molecule has 0 atom stereocenters. The van der Waals surface area contributed by atoms with E-state index in [0.717, 1.165) is 18.7 Å². The molecule has 0 bridgehead atoms. The summed E-state index contributed by atoms with van der Waals surface area (Å²) in [6, 6.07) is 17.4. The lowest BCUT2D eigenvalue weighted by Gasteiger charge is -2.12. The van der Waals surface area contributed by atoms with Crippen LogP contribution in [0.15, 0.2) is 60.9 Å².